The fourth-order valence-electron chi connectivity index (χ4n) is 2.75. The van der Waals surface area contributed by atoms with Crippen molar-refractivity contribution in [1.82, 2.24) is 5.32 Å². The van der Waals surface area contributed by atoms with Crippen LogP contribution in [0.2, 0.25) is 0 Å². The predicted molar refractivity (Wildman–Crippen MR) is 88.3 cm³/mol. The number of hydrogen-bond acceptors (Lipinski definition) is 2. The van der Waals surface area contributed by atoms with E-state index in [0.717, 1.165) is 19.6 Å². The highest BCUT2D eigenvalue weighted by Crippen LogP contribution is 2.24. The van der Waals surface area contributed by atoms with Gasteiger partial charge in [0, 0.05) is 17.1 Å². The lowest BCUT2D eigenvalue weighted by Gasteiger charge is -2.26. The fraction of sp³-hybridized carbons (Fsp3) is 0.647. The van der Waals surface area contributed by atoms with Crippen molar-refractivity contribution in [2.45, 2.75) is 58.1 Å². The Hall–Kier alpha value is -0.380. The van der Waals surface area contributed by atoms with E-state index in [2.05, 4.69) is 53.3 Å². The van der Waals surface area contributed by atoms with Gasteiger partial charge in [0.1, 0.15) is 0 Å². The Labute approximate surface area is 131 Å². The first kappa shape index (κ1) is 16.0. The number of hydrogen-bond donors (Lipinski definition) is 1. The summed E-state index contributed by atoms with van der Waals surface area (Å²) in [5, 5.41) is 3.70. The van der Waals surface area contributed by atoms with Gasteiger partial charge in [-0.3, -0.25) is 0 Å². The van der Waals surface area contributed by atoms with Crippen LogP contribution in [0.3, 0.4) is 0 Å². The van der Waals surface area contributed by atoms with Crippen LogP contribution in [0.5, 0.6) is 0 Å². The summed E-state index contributed by atoms with van der Waals surface area (Å²) in [5.41, 5.74) is 3.03. The average molecular weight is 340 g/mol. The van der Waals surface area contributed by atoms with E-state index in [1.165, 1.54) is 41.3 Å². The first-order valence-corrected chi connectivity index (χ1v) is 8.56. The summed E-state index contributed by atoms with van der Waals surface area (Å²) >= 11 is 3.55. The number of aryl methyl sites for hydroxylation is 1. The lowest BCUT2D eigenvalue weighted by atomic mass is 9.88. The molecule has 0 radical (unpaired) electrons. The van der Waals surface area contributed by atoms with Crippen LogP contribution in [0, 0.1) is 0 Å². The number of fused-ring (bicyclic) bond motifs is 1. The van der Waals surface area contributed by atoms with E-state index in [-0.39, 0.29) is 0 Å². The highest BCUT2D eigenvalue weighted by Gasteiger charge is 2.17. The lowest BCUT2D eigenvalue weighted by molar-refractivity contribution is 0.0759. The summed E-state index contributed by atoms with van der Waals surface area (Å²) in [6.45, 7) is 6.19. The van der Waals surface area contributed by atoms with Crippen molar-refractivity contribution >= 4 is 15.9 Å². The topological polar surface area (TPSA) is 21.3 Å². The van der Waals surface area contributed by atoms with Crippen molar-refractivity contribution in [3.8, 4) is 0 Å². The zero-order chi connectivity index (χ0) is 14.4. The Balaban J connectivity index is 1.65. The molecule has 20 heavy (non-hydrogen) atoms. The predicted octanol–water partition coefficient (Wildman–Crippen LogP) is 4.10. The van der Waals surface area contributed by atoms with Gasteiger partial charge in [0.25, 0.3) is 0 Å². The van der Waals surface area contributed by atoms with Crippen LogP contribution in [-0.4, -0.2) is 25.3 Å². The molecule has 0 amide bonds. The van der Waals surface area contributed by atoms with Crippen molar-refractivity contribution < 1.29 is 4.74 Å². The van der Waals surface area contributed by atoms with Crippen LogP contribution in [0.15, 0.2) is 22.7 Å². The van der Waals surface area contributed by atoms with Gasteiger partial charge in [0.15, 0.2) is 0 Å². The molecule has 3 heteroatoms. The molecule has 0 spiro atoms. The maximum atomic E-state index is 5.56. The average Bonchev–Trinajstić information content (AvgIpc) is 2.42. The van der Waals surface area contributed by atoms with Crippen molar-refractivity contribution in [3.63, 3.8) is 0 Å². The summed E-state index contributed by atoms with van der Waals surface area (Å²) < 4.78 is 6.76. The normalized spacial score (nSPS) is 18.3. The molecule has 1 aliphatic carbocycles. The lowest BCUT2D eigenvalue weighted by Crippen LogP contribution is -2.35. The number of ether oxygens (including phenoxy) is 1. The third-order valence-electron chi connectivity index (χ3n) is 3.85. The standard InChI is InChI=1S/C17H26BrNO/c1-13(2)20-10-4-3-9-19-17-8-6-14-11-16(18)7-5-15(14)12-17/h5,7,11,13,17,19H,3-4,6,8-10,12H2,1-2H3. The minimum absolute atomic E-state index is 0.358. The summed E-state index contributed by atoms with van der Waals surface area (Å²) in [7, 11) is 0. The van der Waals surface area contributed by atoms with Gasteiger partial charge in [-0.1, -0.05) is 22.0 Å². The molecule has 0 heterocycles. The van der Waals surface area contributed by atoms with Gasteiger partial charge in [-0.15, -0.1) is 0 Å². The third-order valence-corrected chi connectivity index (χ3v) is 4.35. The monoisotopic (exact) mass is 339 g/mol. The van der Waals surface area contributed by atoms with Crippen molar-refractivity contribution in [1.29, 1.82) is 0 Å². The Kier molecular flexibility index (Phi) is 6.53. The summed E-state index contributed by atoms with van der Waals surface area (Å²) in [5.74, 6) is 0. The van der Waals surface area contributed by atoms with E-state index in [1.807, 2.05) is 0 Å². The van der Waals surface area contributed by atoms with Crippen LogP contribution in [0.25, 0.3) is 0 Å². The highest BCUT2D eigenvalue weighted by atomic mass is 79.9. The van der Waals surface area contributed by atoms with E-state index in [1.54, 1.807) is 0 Å². The Morgan fingerprint density at radius 2 is 2.15 bits per heavy atom. The summed E-state index contributed by atoms with van der Waals surface area (Å²) in [6.07, 6.45) is 6.34. The molecule has 1 aromatic carbocycles. The second-order valence-corrected chi connectivity index (χ2v) is 6.85. The molecule has 0 fully saturated rings. The Morgan fingerprint density at radius 1 is 1.30 bits per heavy atom. The zero-order valence-corrected chi connectivity index (χ0v) is 14.2. The quantitative estimate of drug-likeness (QED) is 0.755. The van der Waals surface area contributed by atoms with Crippen LogP contribution in [0.4, 0.5) is 0 Å². The SMILES string of the molecule is CC(C)OCCCCNC1CCc2cc(Br)ccc2C1. The van der Waals surface area contributed by atoms with Gasteiger partial charge in [0.2, 0.25) is 0 Å². The molecular formula is C17H26BrNO. The third kappa shape index (κ3) is 5.19. The molecule has 0 saturated heterocycles. The van der Waals surface area contributed by atoms with Gasteiger partial charge < -0.3 is 10.1 Å². The summed E-state index contributed by atoms with van der Waals surface area (Å²) in [4.78, 5) is 0. The molecule has 1 atom stereocenters. The number of halogens is 1. The molecule has 0 bridgehead atoms. The molecule has 1 N–H and O–H groups in total. The second kappa shape index (κ2) is 8.16. The molecule has 1 aromatic rings. The maximum absolute atomic E-state index is 5.56. The van der Waals surface area contributed by atoms with Crippen molar-refractivity contribution in [3.05, 3.63) is 33.8 Å². The van der Waals surface area contributed by atoms with Gasteiger partial charge in [-0.25, -0.2) is 0 Å². The van der Waals surface area contributed by atoms with E-state index in [4.69, 9.17) is 4.74 Å². The van der Waals surface area contributed by atoms with E-state index < -0.39 is 0 Å². The molecule has 0 aromatic heterocycles. The van der Waals surface area contributed by atoms with Crippen molar-refractivity contribution in [2.24, 2.45) is 0 Å². The maximum Gasteiger partial charge on any atom is 0.0518 e. The van der Waals surface area contributed by atoms with E-state index >= 15 is 0 Å². The van der Waals surface area contributed by atoms with E-state index in [9.17, 15) is 0 Å². The Bertz CT molecular complexity index is 419. The van der Waals surface area contributed by atoms with Crippen LogP contribution < -0.4 is 5.32 Å². The molecular weight excluding hydrogens is 314 g/mol. The number of rotatable bonds is 7. The fourth-order valence-corrected chi connectivity index (χ4v) is 3.16. The summed E-state index contributed by atoms with van der Waals surface area (Å²) in [6, 6.07) is 7.35. The number of nitrogens with one attached hydrogen (secondary N) is 1. The Morgan fingerprint density at radius 3 is 2.95 bits per heavy atom. The largest absolute Gasteiger partial charge is 0.379 e. The van der Waals surface area contributed by atoms with E-state index in [0.29, 0.717) is 12.1 Å². The molecule has 112 valence electrons. The van der Waals surface area contributed by atoms with Crippen LogP contribution >= 0.6 is 15.9 Å². The van der Waals surface area contributed by atoms with Crippen LogP contribution in [-0.2, 0) is 17.6 Å². The zero-order valence-electron chi connectivity index (χ0n) is 12.6. The second-order valence-electron chi connectivity index (χ2n) is 5.93. The van der Waals surface area contributed by atoms with Crippen molar-refractivity contribution in [2.75, 3.05) is 13.2 Å². The van der Waals surface area contributed by atoms with Gasteiger partial charge >= 0.3 is 0 Å². The van der Waals surface area contributed by atoms with Gasteiger partial charge in [0.05, 0.1) is 6.10 Å². The highest BCUT2D eigenvalue weighted by molar-refractivity contribution is 9.10. The molecule has 0 aliphatic heterocycles. The molecule has 1 unspecified atom stereocenters. The first-order chi connectivity index (χ1) is 9.65. The van der Waals surface area contributed by atoms with Gasteiger partial charge in [-0.05, 0) is 75.8 Å². The van der Waals surface area contributed by atoms with Crippen LogP contribution in [0.1, 0.15) is 44.2 Å². The molecule has 1 aliphatic rings. The molecule has 2 rings (SSSR count). The minimum atomic E-state index is 0.358. The first-order valence-electron chi connectivity index (χ1n) is 7.77. The minimum Gasteiger partial charge on any atom is -0.379 e. The number of unbranched alkanes of at least 4 members (excludes halogenated alkanes) is 1. The molecule has 2 nitrogen and oxygen atoms in total. The number of benzene rings is 1. The van der Waals surface area contributed by atoms with Gasteiger partial charge in [-0.2, -0.15) is 0 Å². The molecule has 0 saturated carbocycles. The smallest absolute Gasteiger partial charge is 0.0518 e.